The summed E-state index contributed by atoms with van der Waals surface area (Å²) in [5.74, 6) is 3.93. The molecule has 0 aliphatic heterocycles. The van der Waals surface area contributed by atoms with E-state index in [0.29, 0.717) is 0 Å². The standard InChI is InChI=1S/C13H17.3ClH.Zr/c1-3-7-12-10(5-1)9-11-6-2-4-8-13(11)12;;;;/h1,3,5,7,9-13H,2,4,6,8H2;3*1H;/q;;;;+3/p-3. The Balaban J connectivity index is 0.000000853. The third kappa shape index (κ3) is 3.22. The fourth-order valence-corrected chi connectivity index (χ4v) is 5.66. The molecular weight excluding hydrogens is 354 g/mol. The van der Waals surface area contributed by atoms with Crippen LogP contribution in [0.5, 0.6) is 0 Å². The third-order valence-corrected chi connectivity index (χ3v) is 6.47. The zero-order valence-corrected chi connectivity index (χ0v) is 14.4. The molecule has 0 aromatic heterocycles. The van der Waals surface area contributed by atoms with Crippen LogP contribution in [0.25, 0.3) is 0 Å². The van der Waals surface area contributed by atoms with Crippen LogP contribution < -0.4 is 37.2 Å². The van der Waals surface area contributed by atoms with Crippen LogP contribution in [0.3, 0.4) is 0 Å². The Morgan fingerprint density at radius 3 is 1.94 bits per heavy atom. The Bertz CT molecular complexity index is 290. The van der Waals surface area contributed by atoms with E-state index in [0.717, 1.165) is 27.3 Å². The van der Waals surface area contributed by atoms with Gasteiger partial charge in [0.2, 0.25) is 0 Å². The number of hydrogen-bond donors (Lipinski definition) is 0. The summed E-state index contributed by atoms with van der Waals surface area (Å²) in [4.78, 5) is 0. The summed E-state index contributed by atoms with van der Waals surface area (Å²) in [7, 11) is 0. The van der Waals surface area contributed by atoms with E-state index < -0.39 is 0 Å². The predicted molar refractivity (Wildman–Crippen MR) is 54.5 cm³/mol. The van der Waals surface area contributed by atoms with Gasteiger partial charge in [0.05, 0.1) is 0 Å². The molecule has 5 unspecified atom stereocenters. The van der Waals surface area contributed by atoms with Crippen molar-refractivity contribution < 1.29 is 61.9 Å². The number of fused-ring (bicyclic) bond motifs is 3. The zero-order valence-electron chi connectivity index (χ0n) is 9.66. The van der Waals surface area contributed by atoms with Gasteiger partial charge in [0.1, 0.15) is 0 Å². The molecule has 0 heterocycles. The molecule has 3 aliphatic rings. The van der Waals surface area contributed by atoms with Crippen LogP contribution in [0, 0.1) is 23.7 Å². The summed E-state index contributed by atoms with van der Waals surface area (Å²) < 4.78 is 1.03. The molecule has 0 N–H and O–H groups in total. The summed E-state index contributed by atoms with van der Waals surface area (Å²) in [6.07, 6.45) is 15.6. The van der Waals surface area contributed by atoms with Crippen molar-refractivity contribution in [1.82, 2.24) is 0 Å². The van der Waals surface area contributed by atoms with Gasteiger partial charge in [0, 0.05) is 0 Å². The van der Waals surface area contributed by atoms with E-state index in [4.69, 9.17) is 0 Å². The summed E-state index contributed by atoms with van der Waals surface area (Å²) >= 11 is 1.79. The van der Waals surface area contributed by atoms with Gasteiger partial charge in [-0.2, -0.15) is 0 Å². The van der Waals surface area contributed by atoms with Gasteiger partial charge >= 0.3 is 102 Å². The molecule has 2 fully saturated rings. The fourth-order valence-electron chi connectivity index (χ4n) is 3.83. The average Bonchev–Trinajstić information content (AvgIpc) is 2.55. The van der Waals surface area contributed by atoms with Crippen LogP contribution in [0.2, 0.25) is 3.63 Å². The molecule has 94 valence electrons. The van der Waals surface area contributed by atoms with Crippen LogP contribution in [0.1, 0.15) is 25.7 Å². The van der Waals surface area contributed by atoms with Crippen LogP contribution in [0.15, 0.2) is 24.3 Å². The van der Waals surface area contributed by atoms with E-state index >= 15 is 0 Å². The second-order valence-corrected chi connectivity index (χ2v) is 6.70. The predicted octanol–water partition coefficient (Wildman–Crippen LogP) is -5.49. The molecule has 0 nitrogen and oxygen atoms in total. The van der Waals surface area contributed by atoms with Crippen molar-refractivity contribution in [3.8, 4) is 0 Å². The molecule has 0 radical (unpaired) electrons. The van der Waals surface area contributed by atoms with Gasteiger partial charge in [-0.05, 0) is 0 Å². The summed E-state index contributed by atoms with van der Waals surface area (Å²) in [5, 5.41) is 0. The molecule has 2 saturated carbocycles. The summed E-state index contributed by atoms with van der Waals surface area (Å²) in [6, 6.07) is 0. The van der Waals surface area contributed by atoms with E-state index in [1.807, 2.05) is 0 Å². The molecule has 4 heteroatoms. The van der Waals surface area contributed by atoms with E-state index in [1.54, 1.807) is 24.7 Å². The number of allylic oxidation sites excluding steroid dienone is 4. The molecule has 17 heavy (non-hydrogen) atoms. The van der Waals surface area contributed by atoms with Crippen molar-refractivity contribution in [3.05, 3.63) is 24.3 Å². The maximum absolute atomic E-state index is 2.50. The van der Waals surface area contributed by atoms with Gasteiger partial charge in [0.25, 0.3) is 0 Å². The van der Waals surface area contributed by atoms with Crippen molar-refractivity contribution in [1.29, 1.82) is 0 Å². The molecule has 3 rings (SSSR count). The summed E-state index contributed by atoms with van der Waals surface area (Å²) in [5.41, 5.74) is 0. The first-order valence-electron chi connectivity index (χ1n) is 5.94. The second-order valence-electron chi connectivity index (χ2n) is 5.06. The summed E-state index contributed by atoms with van der Waals surface area (Å²) in [6.45, 7) is 0. The molecule has 5 atom stereocenters. The van der Waals surface area contributed by atoms with Crippen LogP contribution >= 0.6 is 0 Å². The van der Waals surface area contributed by atoms with Gasteiger partial charge in [-0.25, -0.2) is 0 Å². The van der Waals surface area contributed by atoms with Crippen LogP contribution in [-0.4, -0.2) is 0 Å². The average molecular weight is 371 g/mol. The van der Waals surface area contributed by atoms with E-state index in [1.165, 1.54) is 25.7 Å². The molecule has 0 amide bonds. The van der Waals surface area contributed by atoms with Crippen LogP contribution in [0.4, 0.5) is 0 Å². The quantitative estimate of drug-likeness (QED) is 0.399. The third-order valence-electron chi connectivity index (χ3n) is 4.47. The van der Waals surface area contributed by atoms with Crippen LogP contribution in [-0.2, 0) is 24.7 Å². The zero-order chi connectivity index (χ0) is 9.54. The van der Waals surface area contributed by atoms with Crippen molar-refractivity contribution in [2.75, 3.05) is 0 Å². The normalized spacial score (nSPS) is 41.4. The molecule has 0 aromatic carbocycles. The molecular formula is C13H17Cl3Zr. The van der Waals surface area contributed by atoms with Gasteiger partial charge in [0.15, 0.2) is 0 Å². The van der Waals surface area contributed by atoms with Gasteiger partial charge in [-0.15, -0.1) is 0 Å². The van der Waals surface area contributed by atoms with E-state index in [2.05, 4.69) is 24.3 Å². The van der Waals surface area contributed by atoms with Gasteiger partial charge in [-0.3, -0.25) is 0 Å². The van der Waals surface area contributed by atoms with E-state index in [-0.39, 0.29) is 37.2 Å². The Morgan fingerprint density at radius 1 is 0.765 bits per heavy atom. The van der Waals surface area contributed by atoms with Crippen molar-refractivity contribution in [2.24, 2.45) is 23.7 Å². The first-order valence-corrected chi connectivity index (χ1v) is 7.36. The van der Waals surface area contributed by atoms with Crippen molar-refractivity contribution >= 4 is 0 Å². The molecule has 0 aromatic rings. The maximum atomic E-state index is 2.50. The number of hydrogen-bond acceptors (Lipinski definition) is 0. The van der Waals surface area contributed by atoms with E-state index in [9.17, 15) is 0 Å². The van der Waals surface area contributed by atoms with Crippen molar-refractivity contribution in [2.45, 2.75) is 29.3 Å². The molecule has 0 saturated heterocycles. The minimum absolute atomic E-state index is 0. The fraction of sp³-hybridized carbons (Fsp3) is 0.692. The Kier molecular flexibility index (Phi) is 8.29. The molecule has 3 aliphatic carbocycles. The first-order chi connectivity index (χ1) is 6.88. The topological polar surface area (TPSA) is 0 Å². The number of halogens is 3. The monoisotopic (exact) mass is 368 g/mol. The van der Waals surface area contributed by atoms with Gasteiger partial charge in [-0.1, -0.05) is 0 Å². The molecule has 0 spiro atoms. The Hall–Kier alpha value is 1.23. The Labute approximate surface area is 138 Å². The first kappa shape index (κ1) is 18.2. The SMILES string of the molecule is [Cl-].[Cl-].[Cl-].[Zr+3][CH]1C2C=CC=CC2C2CCCCC12. The second kappa shape index (κ2) is 7.73. The molecule has 0 bridgehead atoms. The minimum atomic E-state index is 0. The number of rotatable bonds is 0. The Morgan fingerprint density at radius 2 is 1.29 bits per heavy atom. The van der Waals surface area contributed by atoms with Crippen molar-refractivity contribution in [3.63, 3.8) is 0 Å². The van der Waals surface area contributed by atoms with Gasteiger partial charge < -0.3 is 37.2 Å².